The highest BCUT2D eigenvalue weighted by Gasteiger charge is 2.09. The number of rotatable bonds is 2. The normalized spacial score (nSPS) is 16.8. The fourth-order valence-electron chi connectivity index (χ4n) is 0.996. The summed E-state index contributed by atoms with van der Waals surface area (Å²) in [4.78, 5) is 20.8. The third kappa shape index (κ3) is 1.83. The average Bonchev–Trinajstić information content (AvgIpc) is 2.05. The molecule has 0 heterocycles. The van der Waals surface area contributed by atoms with Crippen molar-refractivity contribution in [2.24, 2.45) is 5.18 Å². The molecule has 58 valence electrons. The fraction of sp³-hybridized carbons (Fsp3) is 0.375. The molecule has 0 bridgehead atoms. The van der Waals surface area contributed by atoms with Gasteiger partial charge in [0.15, 0.2) is 5.78 Å². The van der Waals surface area contributed by atoms with Crippen LogP contribution in [0.5, 0.6) is 0 Å². The molecule has 0 aromatic rings. The molecular formula is C8H9NO2. The second-order valence-electron chi connectivity index (χ2n) is 2.50. The molecule has 0 saturated heterocycles. The molecule has 1 aliphatic carbocycles. The van der Waals surface area contributed by atoms with Gasteiger partial charge in [-0.05, 0) is 36.6 Å². The van der Waals surface area contributed by atoms with Crippen LogP contribution in [-0.2, 0) is 4.79 Å². The van der Waals surface area contributed by atoms with Crippen molar-refractivity contribution in [3.8, 4) is 0 Å². The van der Waals surface area contributed by atoms with Crippen molar-refractivity contribution < 1.29 is 4.79 Å². The molecule has 0 aromatic heterocycles. The van der Waals surface area contributed by atoms with Gasteiger partial charge in [-0.15, -0.1) is 4.91 Å². The van der Waals surface area contributed by atoms with Crippen LogP contribution < -0.4 is 0 Å². The van der Waals surface area contributed by atoms with E-state index in [4.69, 9.17) is 0 Å². The Morgan fingerprint density at radius 2 is 2.18 bits per heavy atom. The van der Waals surface area contributed by atoms with E-state index in [0.717, 1.165) is 5.57 Å². The van der Waals surface area contributed by atoms with E-state index in [1.54, 1.807) is 12.2 Å². The van der Waals surface area contributed by atoms with Crippen LogP contribution in [0.1, 0.15) is 19.8 Å². The minimum Gasteiger partial charge on any atom is -0.295 e. The summed E-state index contributed by atoms with van der Waals surface area (Å²) in [6, 6.07) is 0. The highest BCUT2D eigenvalue weighted by molar-refractivity contribution is 5.93. The number of carbonyl (C=O) groups excluding carboxylic acids is 1. The van der Waals surface area contributed by atoms with Gasteiger partial charge in [-0.3, -0.25) is 4.79 Å². The van der Waals surface area contributed by atoms with E-state index in [0.29, 0.717) is 18.5 Å². The van der Waals surface area contributed by atoms with Crippen molar-refractivity contribution in [1.29, 1.82) is 0 Å². The lowest BCUT2D eigenvalue weighted by Gasteiger charge is -2.05. The van der Waals surface area contributed by atoms with Gasteiger partial charge in [-0.25, -0.2) is 0 Å². The van der Waals surface area contributed by atoms with Crippen LogP contribution in [0.4, 0.5) is 0 Å². The molecule has 3 nitrogen and oxygen atoms in total. The Bertz CT molecular complexity index is 251. The van der Waals surface area contributed by atoms with Crippen LogP contribution in [0.25, 0.3) is 0 Å². The van der Waals surface area contributed by atoms with Gasteiger partial charge in [0, 0.05) is 0 Å². The second kappa shape index (κ2) is 3.23. The summed E-state index contributed by atoms with van der Waals surface area (Å²) in [5, 5.41) is 2.80. The number of nitrogens with zero attached hydrogens (tertiary/aromatic N) is 1. The molecule has 0 atom stereocenters. The minimum absolute atomic E-state index is 0.0752. The Balaban J connectivity index is 2.76. The average molecular weight is 151 g/mol. The maximum Gasteiger partial charge on any atom is 0.155 e. The van der Waals surface area contributed by atoms with E-state index < -0.39 is 0 Å². The number of carbonyl (C=O) groups is 1. The molecule has 0 fully saturated rings. The third-order valence-electron chi connectivity index (χ3n) is 1.70. The predicted octanol–water partition coefficient (Wildman–Crippen LogP) is 1.95. The van der Waals surface area contributed by atoms with Gasteiger partial charge in [0.2, 0.25) is 0 Å². The molecule has 3 heteroatoms. The smallest absolute Gasteiger partial charge is 0.155 e. The molecule has 11 heavy (non-hydrogen) atoms. The van der Waals surface area contributed by atoms with Crippen LogP contribution in [0, 0.1) is 4.91 Å². The Labute approximate surface area is 64.8 Å². The molecule has 0 saturated carbocycles. The number of hydrogen-bond donors (Lipinski definition) is 0. The number of Topliss-reactive ketones (excluding diaryl/α,β-unsaturated/α-hetero) is 1. The zero-order valence-corrected chi connectivity index (χ0v) is 6.33. The van der Waals surface area contributed by atoms with Crippen molar-refractivity contribution >= 4 is 5.78 Å². The monoisotopic (exact) mass is 151 g/mol. The summed E-state index contributed by atoms with van der Waals surface area (Å²) < 4.78 is 0. The molecule has 0 aliphatic heterocycles. The number of nitroso groups, excluding NO2 is 1. The summed E-state index contributed by atoms with van der Waals surface area (Å²) in [6.07, 6.45) is 4.51. The lowest BCUT2D eigenvalue weighted by atomic mass is 10.0. The van der Waals surface area contributed by atoms with Gasteiger partial charge in [0.1, 0.15) is 0 Å². The van der Waals surface area contributed by atoms with E-state index in [1.807, 2.05) is 0 Å². The van der Waals surface area contributed by atoms with Crippen molar-refractivity contribution in [2.75, 3.05) is 0 Å². The molecule has 0 radical (unpaired) electrons. The first-order valence-electron chi connectivity index (χ1n) is 3.48. The predicted molar refractivity (Wildman–Crippen MR) is 41.9 cm³/mol. The van der Waals surface area contributed by atoms with Gasteiger partial charge in [0.25, 0.3) is 0 Å². The summed E-state index contributed by atoms with van der Waals surface area (Å²) in [5.74, 6) is 0.0752. The Morgan fingerprint density at radius 3 is 2.55 bits per heavy atom. The maximum absolute atomic E-state index is 10.8. The first-order chi connectivity index (χ1) is 5.24. The van der Waals surface area contributed by atoms with E-state index >= 15 is 0 Å². The topological polar surface area (TPSA) is 46.5 Å². The summed E-state index contributed by atoms with van der Waals surface area (Å²) >= 11 is 0. The van der Waals surface area contributed by atoms with Crippen molar-refractivity contribution in [3.05, 3.63) is 28.3 Å². The van der Waals surface area contributed by atoms with Crippen LogP contribution in [0.3, 0.4) is 0 Å². The Morgan fingerprint density at radius 1 is 1.45 bits per heavy atom. The van der Waals surface area contributed by atoms with Crippen molar-refractivity contribution in [1.82, 2.24) is 0 Å². The highest BCUT2D eigenvalue weighted by Crippen LogP contribution is 2.18. The highest BCUT2D eigenvalue weighted by atomic mass is 16.3. The quantitative estimate of drug-likeness (QED) is 0.566. The lowest BCUT2D eigenvalue weighted by molar-refractivity contribution is -0.113. The van der Waals surface area contributed by atoms with Gasteiger partial charge >= 0.3 is 0 Å². The summed E-state index contributed by atoms with van der Waals surface area (Å²) in [6.45, 7) is 1.53. The fourth-order valence-corrected chi connectivity index (χ4v) is 0.996. The second-order valence-corrected chi connectivity index (χ2v) is 2.50. The molecular weight excluding hydrogens is 142 g/mol. The van der Waals surface area contributed by atoms with Crippen molar-refractivity contribution in [3.63, 3.8) is 0 Å². The van der Waals surface area contributed by atoms with E-state index in [2.05, 4.69) is 5.18 Å². The first-order valence-corrected chi connectivity index (χ1v) is 3.48. The first kappa shape index (κ1) is 7.85. The van der Waals surface area contributed by atoms with E-state index in [1.165, 1.54) is 6.92 Å². The number of ketones is 1. The SMILES string of the molecule is CC(=O)C1=CC=C(N=O)CC1. The van der Waals surface area contributed by atoms with Crippen LogP contribution >= 0.6 is 0 Å². The zero-order valence-electron chi connectivity index (χ0n) is 6.33. The molecule has 0 spiro atoms. The van der Waals surface area contributed by atoms with Crippen LogP contribution in [0.2, 0.25) is 0 Å². The lowest BCUT2D eigenvalue weighted by Crippen LogP contribution is -1.99. The number of allylic oxidation sites excluding steroid dienone is 4. The summed E-state index contributed by atoms with van der Waals surface area (Å²) in [5.41, 5.74) is 1.30. The Hall–Kier alpha value is -1.25. The molecule has 0 aromatic carbocycles. The molecule has 1 rings (SSSR count). The zero-order chi connectivity index (χ0) is 8.27. The van der Waals surface area contributed by atoms with Gasteiger partial charge in [-0.2, -0.15) is 0 Å². The Kier molecular flexibility index (Phi) is 2.31. The maximum atomic E-state index is 10.8. The largest absolute Gasteiger partial charge is 0.295 e. The molecule has 0 N–H and O–H groups in total. The van der Waals surface area contributed by atoms with Crippen molar-refractivity contribution in [2.45, 2.75) is 19.8 Å². The van der Waals surface area contributed by atoms with Crippen LogP contribution in [-0.4, -0.2) is 5.78 Å². The van der Waals surface area contributed by atoms with E-state index in [9.17, 15) is 9.70 Å². The minimum atomic E-state index is 0.0752. The van der Waals surface area contributed by atoms with Gasteiger partial charge < -0.3 is 0 Å². The molecule has 0 unspecified atom stereocenters. The molecule has 1 aliphatic rings. The standard InChI is InChI=1S/C8H9NO2/c1-6(10)7-2-4-8(9-11)5-3-7/h2,4H,3,5H2,1H3. The third-order valence-corrected chi connectivity index (χ3v) is 1.70. The summed E-state index contributed by atoms with van der Waals surface area (Å²) in [7, 11) is 0. The van der Waals surface area contributed by atoms with Gasteiger partial charge in [-0.1, -0.05) is 6.08 Å². The number of hydrogen-bond acceptors (Lipinski definition) is 3. The molecule has 0 amide bonds. The van der Waals surface area contributed by atoms with E-state index in [-0.39, 0.29) is 5.78 Å². The van der Waals surface area contributed by atoms with Crippen LogP contribution in [0.15, 0.2) is 28.6 Å². The van der Waals surface area contributed by atoms with Gasteiger partial charge in [0.05, 0.1) is 5.70 Å².